The van der Waals surface area contributed by atoms with Gasteiger partial charge < -0.3 is 14.4 Å². The Hall–Kier alpha value is -2.34. The lowest BCUT2D eigenvalue weighted by atomic mass is 10.1. The van der Waals surface area contributed by atoms with E-state index in [9.17, 15) is 4.79 Å². The van der Waals surface area contributed by atoms with Crippen molar-refractivity contribution in [1.82, 2.24) is 14.9 Å². The minimum Gasteiger partial charge on any atom is -0.490 e. The first-order valence-corrected chi connectivity index (χ1v) is 8.11. The number of halogens is 1. The van der Waals surface area contributed by atoms with Gasteiger partial charge in [0, 0.05) is 43.3 Å². The topological polar surface area (TPSA) is 64.5 Å². The van der Waals surface area contributed by atoms with Crippen LogP contribution >= 0.6 is 11.6 Å². The maximum absolute atomic E-state index is 12.5. The number of methoxy groups -OCH3 is 1. The highest BCUT2D eigenvalue weighted by Crippen LogP contribution is 2.21. The van der Waals surface area contributed by atoms with Crippen LogP contribution in [0.2, 0.25) is 5.02 Å². The van der Waals surface area contributed by atoms with E-state index in [1.54, 1.807) is 17.0 Å². The molecule has 1 fully saturated rings. The fourth-order valence-corrected chi connectivity index (χ4v) is 2.72. The minimum atomic E-state index is -0.0670. The molecule has 3 rings (SSSR count). The molecule has 6 nitrogen and oxygen atoms in total. The number of likely N-dealkylation sites (tertiary alicyclic amines) is 1. The molecular weight excluding hydrogens is 330 g/mol. The van der Waals surface area contributed by atoms with Crippen molar-refractivity contribution in [3.63, 3.8) is 0 Å². The summed E-state index contributed by atoms with van der Waals surface area (Å²) in [6, 6.07) is 7.57. The molecule has 0 atom stereocenters. The molecule has 2 aromatic rings. The zero-order valence-electron chi connectivity index (χ0n) is 13.3. The second-order valence-corrected chi connectivity index (χ2v) is 5.96. The van der Waals surface area contributed by atoms with Crippen LogP contribution in [0.4, 0.5) is 0 Å². The Kier molecular flexibility index (Phi) is 5.15. The first-order chi connectivity index (χ1) is 11.7. The molecule has 0 radical (unpaired) electrons. The van der Waals surface area contributed by atoms with Crippen LogP contribution in [-0.2, 0) is 0 Å². The summed E-state index contributed by atoms with van der Waals surface area (Å²) in [6.07, 6.45) is 4.65. The SMILES string of the molecule is COc1ncc(C(=O)N2CCC(Oc3ccc(Cl)cc3)CC2)cn1. The molecule has 0 aliphatic carbocycles. The van der Waals surface area contributed by atoms with Gasteiger partial charge in [0.15, 0.2) is 0 Å². The molecule has 0 unspecified atom stereocenters. The number of ether oxygens (including phenoxy) is 2. The van der Waals surface area contributed by atoms with E-state index in [0.717, 1.165) is 18.6 Å². The summed E-state index contributed by atoms with van der Waals surface area (Å²) in [6.45, 7) is 1.28. The molecule has 0 spiro atoms. The van der Waals surface area contributed by atoms with Gasteiger partial charge in [0.1, 0.15) is 11.9 Å². The molecule has 7 heteroatoms. The average Bonchev–Trinajstić information content (AvgIpc) is 2.64. The maximum Gasteiger partial charge on any atom is 0.316 e. The van der Waals surface area contributed by atoms with E-state index >= 15 is 0 Å². The van der Waals surface area contributed by atoms with Gasteiger partial charge in [-0.2, -0.15) is 0 Å². The fraction of sp³-hybridized carbons (Fsp3) is 0.353. The largest absolute Gasteiger partial charge is 0.490 e. The highest BCUT2D eigenvalue weighted by Gasteiger charge is 2.25. The third kappa shape index (κ3) is 3.94. The smallest absolute Gasteiger partial charge is 0.316 e. The lowest BCUT2D eigenvalue weighted by Gasteiger charge is -2.32. The number of nitrogens with zero attached hydrogens (tertiary/aromatic N) is 3. The van der Waals surface area contributed by atoms with E-state index in [1.165, 1.54) is 19.5 Å². The molecule has 1 aliphatic rings. The summed E-state index contributed by atoms with van der Waals surface area (Å²) >= 11 is 5.87. The van der Waals surface area contributed by atoms with Crippen LogP contribution in [0.1, 0.15) is 23.2 Å². The van der Waals surface area contributed by atoms with Crippen molar-refractivity contribution in [3.8, 4) is 11.8 Å². The molecule has 1 aliphatic heterocycles. The highest BCUT2D eigenvalue weighted by atomic mass is 35.5. The average molecular weight is 348 g/mol. The normalized spacial score (nSPS) is 15.2. The second kappa shape index (κ2) is 7.49. The van der Waals surface area contributed by atoms with Crippen LogP contribution in [0, 0.1) is 0 Å². The Morgan fingerprint density at radius 3 is 2.38 bits per heavy atom. The van der Waals surface area contributed by atoms with Crippen LogP contribution in [0.5, 0.6) is 11.8 Å². The van der Waals surface area contributed by atoms with Crippen molar-refractivity contribution >= 4 is 17.5 Å². The van der Waals surface area contributed by atoms with E-state index < -0.39 is 0 Å². The number of hydrogen-bond donors (Lipinski definition) is 0. The molecule has 24 heavy (non-hydrogen) atoms. The predicted octanol–water partition coefficient (Wildman–Crippen LogP) is 2.82. The number of benzene rings is 1. The number of amides is 1. The van der Waals surface area contributed by atoms with Gasteiger partial charge in [-0.05, 0) is 24.3 Å². The van der Waals surface area contributed by atoms with Crippen molar-refractivity contribution in [2.75, 3.05) is 20.2 Å². The molecule has 1 saturated heterocycles. The van der Waals surface area contributed by atoms with Gasteiger partial charge in [0.2, 0.25) is 0 Å². The Morgan fingerprint density at radius 2 is 1.79 bits per heavy atom. The summed E-state index contributed by atoms with van der Waals surface area (Å²) in [4.78, 5) is 22.2. The van der Waals surface area contributed by atoms with Gasteiger partial charge in [0.25, 0.3) is 5.91 Å². The van der Waals surface area contributed by atoms with E-state index in [4.69, 9.17) is 21.1 Å². The second-order valence-electron chi connectivity index (χ2n) is 5.52. The highest BCUT2D eigenvalue weighted by molar-refractivity contribution is 6.30. The van der Waals surface area contributed by atoms with Crippen molar-refractivity contribution in [3.05, 3.63) is 47.2 Å². The molecule has 1 aromatic heterocycles. The van der Waals surface area contributed by atoms with Crippen molar-refractivity contribution in [1.29, 1.82) is 0 Å². The van der Waals surface area contributed by atoms with Gasteiger partial charge >= 0.3 is 6.01 Å². The fourth-order valence-electron chi connectivity index (χ4n) is 2.60. The standard InChI is InChI=1S/C17H18ClN3O3/c1-23-17-19-10-12(11-20-17)16(22)21-8-6-15(7-9-21)24-14-4-2-13(18)3-5-14/h2-5,10-11,15H,6-9H2,1H3. The van der Waals surface area contributed by atoms with Crippen LogP contribution in [-0.4, -0.2) is 47.1 Å². The maximum atomic E-state index is 12.5. The van der Waals surface area contributed by atoms with E-state index in [1.807, 2.05) is 12.1 Å². The number of aromatic nitrogens is 2. The zero-order chi connectivity index (χ0) is 16.9. The summed E-state index contributed by atoms with van der Waals surface area (Å²) < 4.78 is 10.8. The monoisotopic (exact) mass is 347 g/mol. The third-order valence-corrected chi connectivity index (χ3v) is 4.16. The summed E-state index contributed by atoms with van der Waals surface area (Å²) in [5.74, 6) is 0.732. The number of rotatable bonds is 4. The Balaban J connectivity index is 1.54. The van der Waals surface area contributed by atoms with Crippen LogP contribution < -0.4 is 9.47 Å². The lowest BCUT2D eigenvalue weighted by molar-refractivity contribution is 0.0594. The molecule has 0 N–H and O–H groups in total. The van der Waals surface area contributed by atoms with Gasteiger partial charge in [-0.1, -0.05) is 11.6 Å². The Bertz CT molecular complexity index is 683. The van der Waals surface area contributed by atoms with Gasteiger partial charge in [-0.25, -0.2) is 9.97 Å². The van der Waals surface area contributed by atoms with E-state index in [0.29, 0.717) is 23.7 Å². The molecule has 1 aromatic carbocycles. The first-order valence-electron chi connectivity index (χ1n) is 7.73. The molecule has 0 bridgehead atoms. The molecule has 0 saturated carbocycles. The lowest BCUT2D eigenvalue weighted by Crippen LogP contribution is -2.41. The van der Waals surface area contributed by atoms with Crippen molar-refractivity contribution in [2.45, 2.75) is 18.9 Å². The summed E-state index contributed by atoms with van der Waals surface area (Å²) in [5, 5.41) is 0.685. The molecule has 2 heterocycles. The van der Waals surface area contributed by atoms with Gasteiger partial charge in [-0.3, -0.25) is 4.79 Å². The number of hydrogen-bond acceptors (Lipinski definition) is 5. The number of carbonyl (C=O) groups excluding carboxylic acids is 1. The Morgan fingerprint density at radius 1 is 1.17 bits per heavy atom. The van der Waals surface area contributed by atoms with Gasteiger partial charge in [-0.15, -0.1) is 0 Å². The van der Waals surface area contributed by atoms with E-state index in [2.05, 4.69) is 9.97 Å². The van der Waals surface area contributed by atoms with Crippen molar-refractivity contribution < 1.29 is 14.3 Å². The zero-order valence-corrected chi connectivity index (χ0v) is 14.1. The molecule has 126 valence electrons. The van der Waals surface area contributed by atoms with E-state index in [-0.39, 0.29) is 18.0 Å². The Labute approximate surface area is 145 Å². The van der Waals surface area contributed by atoms with Gasteiger partial charge in [0.05, 0.1) is 12.7 Å². The van der Waals surface area contributed by atoms with Crippen molar-refractivity contribution in [2.24, 2.45) is 0 Å². The third-order valence-electron chi connectivity index (χ3n) is 3.90. The minimum absolute atomic E-state index is 0.0670. The first kappa shape index (κ1) is 16.5. The summed E-state index contributed by atoms with van der Waals surface area (Å²) in [5.41, 5.74) is 0.466. The van der Waals surface area contributed by atoms with Crippen LogP contribution in [0.15, 0.2) is 36.7 Å². The van der Waals surface area contributed by atoms with Crippen LogP contribution in [0.25, 0.3) is 0 Å². The molecule has 1 amide bonds. The summed E-state index contributed by atoms with van der Waals surface area (Å²) in [7, 11) is 1.49. The van der Waals surface area contributed by atoms with Crippen LogP contribution in [0.3, 0.4) is 0 Å². The predicted molar refractivity (Wildman–Crippen MR) is 89.6 cm³/mol. The molecular formula is C17H18ClN3O3. The number of piperidine rings is 1. The number of carbonyl (C=O) groups is 1. The quantitative estimate of drug-likeness (QED) is 0.851.